The average Bonchev–Trinajstić information content (AvgIpc) is 2.41. The van der Waals surface area contributed by atoms with Gasteiger partial charge in [-0.2, -0.15) is 0 Å². The molecule has 1 fully saturated rings. The van der Waals surface area contributed by atoms with E-state index in [9.17, 15) is 0 Å². The molecule has 0 amide bonds. The maximum atomic E-state index is 6.28. The predicted octanol–water partition coefficient (Wildman–Crippen LogP) is 6.59. The molecule has 3 heteroatoms. The summed E-state index contributed by atoms with van der Waals surface area (Å²) in [6.07, 6.45) is 11.0. The number of hydrogen-bond donors (Lipinski definition) is 0. The van der Waals surface area contributed by atoms with Crippen molar-refractivity contribution in [2.45, 2.75) is 110 Å². The number of unbranched alkanes of at least 4 members (excludes halogenated alkanes) is 1. The lowest BCUT2D eigenvalue weighted by molar-refractivity contribution is 0.0488. The van der Waals surface area contributed by atoms with Crippen LogP contribution in [0.1, 0.15) is 80.6 Å². The zero-order valence-electron chi connectivity index (χ0n) is 17.9. The molecule has 0 bridgehead atoms. The van der Waals surface area contributed by atoms with Crippen LogP contribution in [0.25, 0.3) is 0 Å². The molecule has 0 N–H and O–H groups in total. The van der Waals surface area contributed by atoms with Crippen molar-refractivity contribution in [3.8, 4) is 0 Å². The first-order chi connectivity index (χ1) is 10.9. The molecule has 1 aliphatic rings. The molecule has 0 aliphatic carbocycles. The molecule has 1 atom stereocenters. The lowest BCUT2D eigenvalue weighted by Crippen LogP contribution is -2.51. The molecule has 0 aromatic heterocycles. The Morgan fingerprint density at radius 2 is 1.88 bits per heavy atom. The van der Waals surface area contributed by atoms with Gasteiger partial charge in [-0.3, -0.25) is 0 Å². The van der Waals surface area contributed by atoms with Gasteiger partial charge in [-0.15, -0.1) is 0 Å². The maximum absolute atomic E-state index is 6.28. The molecule has 0 saturated carbocycles. The lowest BCUT2D eigenvalue weighted by atomic mass is 9.82. The first-order valence-corrected chi connectivity index (χ1v) is 12.9. The zero-order valence-corrected chi connectivity index (χ0v) is 18.9. The fraction of sp³-hybridized carbons (Fsp3) is 0.905. The van der Waals surface area contributed by atoms with Crippen molar-refractivity contribution in [3.63, 3.8) is 0 Å². The number of hydrogen-bond acceptors (Lipinski definition) is 2. The largest absolute Gasteiger partial charge is 0.417 e. The summed E-state index contributed by atoms with van der Waals surface area (Å²) in [7, 11) is -1.58. The van der Waals surface area contributed by atoms with Gasteiger partial charge in [-0.1, -0.05) is 40.7 Å². The maximum Gasteiger partial charge on any atom is 0.191 e. The third kappa shape index (κ3) is 5.91. The summed E-state index contributed by atoms with van der Waals surface area (Å²) in [6, 6.07) is 0.688. The SMILES string of the molecule is CC(C)[C@H]1CCCC(C)(C)N1/C=C/CCCO[Si](C)(C)C(C)(C)C. The molecule has 1 heterocycles. The lowest BCUT2D eigenvalue weighted by Gasteiger charge is -2.49. The van der Waals surface area contributed by atoms with Crippen LogP contribution in [0, 0.1) is 5.92 Å². The van der Waals surface area contributed by atoms with Crippen LogP contribution < -0.4 is 0 Å². The number of nitrogens with zero attached hydrogens (tertiary/aromatic N) is 1. The van der Waals surface area contributed by atoms with Gasteiger partial charge in [0.15, 0.2) is 8.32 Å². The molecule has 0 radical (unpaired) electrons. The predicted molar refractivity (Wildman–Crippen MR) is 110 cm³/mol. The molecule has 1 saturated heterocycles. The third-order valence-electron chi connectivity index (χ3n) is 6.16. The zero-order chi connectivity index (χ0) is 18.6. The highest BCUT2D eigenvalue weighted by atomic mass is 28.4. The van der Waals surface area contributed by atoms with Gasteiger partial charge in [0.1, 0.15) is 0 Å². The molecule has 0 unspecified atom stereocenters. The molecule has 142 valence electrons. The Hall–Kier alpha value is -0.283. The Morgan fingerprint density at radius 3 is 2.42 bits per heavy atom. The summed E-state index contributed by atoms with van der Waals surface area (Å²) in [4.78, 5) is 2.63. The highest BCUT2D eigenvalue weighted by molar-refractivity contribution is 6.74. The number of likely N-dealkylation sites (tertiary alicyclic amines) is 1. The second-order valence-electron chi connectivity index (χ2n) is 10.1. The van der Waals surface area contributed by atoms with Crippen LogP contribution in [-0.2, 0) is 4.43 Å². The third-order valence-corrected chi connectivity index (χ3v) is 10.7. The minimum absolute atomic E-state index is 0.293. The minimum Gasteiger partial charge on any atom is -0.417 e. The van der Waals surface area contributed by atoms with Gasteiger partial charge < -0.3 is 9.33 Å². The molecule has 2 nitrogen and oxygen atoms in total. The molecule has 0 spiro atoms. The average molecular weight is 354 g/mol. The molecule has 0 aromatic rings. The fourth-order valence-corrected chi connectivity index (χ4v) is 4.45. The van der Waals surface area contributed by atoms with Crippen molar-refractivity contribution in [2.75, 3.05) is 6.61 Å². The van der Waals surface area contributed by atoms with Gasteiger partial charge in [0, 0.05) is 18.2 Å². The Labute approximate surface area is 153 Å². The van der Waals surface area contributed by atoms with Crippen LogP contribution in [0.4, 0.5) is 0 Å². The molecule has 1 rings (SSSR count). The normalized spacial score (nSPS) is 22.6. The van der Waals surface area contributed by atoms with E-state index < -0.39 is 8.32 Å². The molecular weight excluding hydrogens is 310 g/mol. The van der Waals surface area contributed by atoms with Gasteiger partial charge >= 0.3 is 0 Å². The summed E-state index contributed by atoms with van der Waals surface area (Å²) in [6.45, 7) is 22.0. The topological polar surface area (TPSA) is 12.5 Å². The van der Waals surface area contributed by atoms with Crippen LogP contribution in [0.5, 0.6) is 0 Å². The molecular formula is C21H43NOSi. The molecule has 24 heavy (non-hydrogen) atoms. The van der Waals surface area contributed by atoms with E-state index in [4.69, 9.17) is 4.43 Å². The Kier molecular flexibility index (Phi) is 7.61. The highest BCUT2D eigenvalue weighted by Gasteiger charge is 2.37. The Balaban J connectivity index is 2.48. The van der Waals surface area contributed by atoms with Crippen molar-refractivity contribution >= 4 is 8.32 Å². The van der Waals surface area contributed by atoms with Gasteiger partial charge in [-0.05, 0) is 76.2 Å². The summed E-state index contributed by atoms with van der Waals surface area (Å²) in [5.41, 5.74) is 0.293. The van der Waals surface area contributed by atoms with Crippen molar-refractivity contribution < 1.29 is 4.43 Å². The number of allylic oxidation sites excluding steroid dienone is 1. The quantitative estimate of drug-likeness (QED) is 0.378. The van der Waals surface area contributed by atoms with Crippen LogP contribution in [0.15, 0.2) is 12.3 Å². The standard InChI is InChI=1S/C21H43NOSi/c1-18(2)19-14-13-15-21(6,7)22(19)16-11-10-12-17-23-24(8,9)20(3,4)5/h11,16,18-19H,10,12-15,17H2,1-9H3/b16-11+/t19-/m1/s1. The first-order valence-electron chi connectivity index (χ1n) is 9.97. The smallest absolute Gasteiger partial charge is 0.191 e. The second kappa shape index (κ2) is 8.40. The molecule has 1 aliphatic heterocycles. The Morgan fingerprint density at radius 1 is 1.25 bits per heavy atom. The number of rotatable bonds is 7. The van der Waals surface area contributed by atoms with E-state index in [2.05, 4.69) is 78.7 Å². The highest BCUT2D eigenvalue weighted by Crippen LogP contribution is 2.37. The first kappa shape index (κ1) is 21.8. The summed E-state index contributed by atoms with van der Waals surface area (Å²) >= 11 is 0. The summed E-state index contributed by atoms with van der Waals surface area (Å²) in [5.74, 6) is 0.719. The van der Waals surface area contributed by atoms with E-state index in [1.807, 2.05) is 0 Å². The Bertz CT molecular complexity index is 407. The van der Waals surface area contributed by atoms with E-state index >= 15 is 0 Å². The number of piperidine rings is 1. The van der Waals surface area contributed by atoms with E-state index in [1.54, 1.807) is 0 Å². The summed E-state index contributed by atoms with van der Waals surface area (Å²) in [5, 5.41) is 0.311. The van der Waals surface area contributed by atoms with Crippen molar-refractivity contribution in [2.24, 2.45) is 5.92 Å². The van der Waals surface area contributed by atoms with Gasteiger partial charge in [0.25, 0.3) is 0 Å². The van der Waals surface area contributed by atoms with Crippen molar-refractivity contribution in [1.82, 2.24) is 4.90 Å². The van der Waals surface area contributed by atoms with Gasteiger partial charge in [-0.25, -0.2) is 0 Å². The van der Waals surface area contributed by atoms with E-state index in [-0.39, 0.29) is 0 Å². The monoisotopic (exact) mass is 353 g/mol. The van der Waals surface area contributed by atoms with E-state index in [0.717, 1.165) is 25.4 Å². The van der Waals surface area contributed by atoms with E-state index in [1.165, 1.54) is 19.3 Å². The van der Waals surface area contributed by atoms with Gasteiger partial charge in [0.2, 0.25) is 0 Å². The van der Waals surface area contributed by atoms with Crippen molar-refractivity contribution in [3.05, 3.63) is 12.3 Å². The van der Waals surface area contributed by atoms with Crippen LogP contribution >= 0.6 is 0 Å². The van der Waals surface area contributed by atoms with Crippen LogP contribution in [-0.4, -0.2) is 31.4 Å². The van der Waals surface area contributed by atoms with Crippen LogP contribution in [0.2, 0.25) is 18.1 Å². The van der Waals surface area contributed by atoms with Crippen molar-refractivity contribution in [1.29, 1.82) is 0 Å². The van der Waals surface area contributed by atoms with E-state index in [0.29, 0.717) is 16.6 Å². The molecule has 0 aromatic carbocycles. The summed E-state index contributed by atoms with van der Waals surface area (Å²) < 4.78 is 6.28. The van der Waals surface area contributed by atoms with Crippen LogP contribution in [0.3, 0.4) is 0 Å². The second-order valence-corrected chi connectivity index (χ2v) is 14.9. The van der Waals surface area contributed by atoms with Gasteiger partial charge in [0.05, 0.1) is 0 Å². The fourth-order valence-electron chi connectivity index (χ4n) is 3.36. The minimum atomic E-state index is -1.58.